The van der Waals surface area contributed by atoms with Crippen LogP contribution in [0.3, 0.4) is 0 Å². The van der Waals surface area contributed by atoms with Crippen molar-refractivity contribution >= 4 is 10.1 Å². The molecular formula is C60H97Ac4NO21SY2-4. The predicted molar refractivity (Wildman–Crippen MR) is 309 cm³/mol. The molecule has 22 nitrogen and oxygen atoms in total. The minimum absolute atomic E-state index is 0. The van der Waals surface area contributed by atoms with Crippen molar-refractivity contribution in [2.24, 2.45) is 0 Å². The van der Waals surface area contributed by atoms with Crippen molar-refractivity contribution in [3.63, 3.8) is 0 Å². The molecule has 0 saturated carbocycles. The molecule has 0 bridgehead atoms. The third-order valence-corrected chi connectivity index (χ3v) is 13.9. The molecule has 0 spiro atoms. The van der Waals surface area contributed by atoms with Crippen molar-refractivity contribution in [1.82, 2.24) is 5.32 Å². The summed E-state index contributed by atoms with van der Waals surface area (Å²) in [6.45, 7) is 34.0. The van der Waals surface area contributed by atoms with Gasteiger partial charge in [0.15, 0.2) is 24.2 Å². The Balaban J connectivity index is -0.000000382. The van der Waals surface area contributed by atoms with Crippen LogP contribution < -0.4 is 5.32 Å². The van der Waals surface area contributed by atoms with E-state index in [4.69, 9.17) is 51.6 Å². The van der Waals surface area contributed by atoms with Crippen LogP contribution in [0, 0.1) is 210 Å². The maximum absolute atomic E-state index is 12.6. The number of likely N-dealkylation sites (N-methyl/N-ethyl adjacent to an activating group) is 1. The maximum atomic E-state index is 12.6. The van der Waals surface area contributed by atoms with E-state index in [9.17, 15) is 49.3 Å². The van der Waals surface area contributed by atoms with E-state index >= 15 is 0 Å². The summed E-state index contributed by atoms with van der Waals surface area (Å²) in [5.74, 6) is -1.89. The van der Waals surface area contributed by atoms with Crippen LogP contribution in [0.25, 0.3) is 0 Å². The number of hydrogen-bond acceptors (Lipinski definition) is 22. The molecule has 3 aromatic rings. The van der Waals surface area contributed by atoms with Gasteiger partial charge in [0.2, 0.25) is 0 Å². The molecule has 0 amide bonds. The van der Waals surface area contributed by atoms with Crippen LogP contribution >= 0.6 is 0 Å². The van der Waals surface area contributed by atoms with Crippen LogP contribution in [-0.4, -0.2) is 205 Å². The maximum Gasteiger partial charge on any atom is 0.297 e. The van der Waals surface area contributed by atoms with Crippen molar-refractivity contribution in [3.05, 3.63) is 129 Å². The summed E-state index contributed by atoms with van der Waals surface area (Å²) in [7, 11) is -2.45. The molecule has 9 rings (SSSR count). The van der Waals surface area contributed by atoms with Crippen LogP contribution in [0.2, 0.25) is 0 Å². The van der Waals surface area contributed by atoms with E-state index in [0.29, 0.717) is 6.54 Å². The van der Waals surface area contributed by atoms with Crippen LogP contribution in [0.5, 0.6) is 0 Å². The number of ether oxygens (including phenoxy) is 10. The van der Waals surface area contributed by atoms with Crippen molar-refractivity contribution in [3.8, 4) is 0 Å². The molecule has 6 aliphatic rings. The van der Waals surface area contributed by atoms with E-state index in [-0.39, 0.29) is 260 Å². The smallest absolute Gasteiger partial charge is 0.297 e. The van der Waals surface area contributed by atoms with Crippen LogP contribution in [0.15, 0.2) is 89.8 Å². The first-order valence-electron chi connectivity index (χ1n) is 28.4. The number of rotatable bonds is 10. The monoisotopic (exact) mass is 2290 g/mol. The van der Waals surface area contributed by atoms with Crippen molar-refractivity contribution in [2.45, 2.75) is 217 Å². The Kier molecular flexibility index (Phi) is 61.2. The van der Waals surface area contributed by atoms with Crippen molar-refractivity contribution in [1.29, 1.82) is 0 Å². The Morgan fingerprint density at radius 2 is 0.899 bits per heavy atom. The fourth-order valence-electron chi connectivity index (χ4n) is 8.42. The SMILES string of the molecule is CC.CC.CC.CC.CNCC1O[CH-]C(O)C(O)C1OC1OC2COC(C)(C)OC2C(O)C1O.Cc1ccc(S(=O)(=O)OCC2O[CH-]C(O)C(O)C2OC2OC3COC(C)(C)OC3C(O)C2O)cc1.[Ac].[Ac].[Ac].[Ac].[CH2-]c1ccccc1.[CH2-]c1ccccc1.[Y].[Y]. The molecule has 18 atom stereocenters. The van der Waals surface area contributed by atoms with Crippen LogP contribution in [0.1, 0.15) is 99.8 Å². The molecule has 6 fully saturated rings. The number of aliphatic hydroxyl groups is 8. The van der Waals surface area contributed by atoms with Gasteiger partial charge < -0.3 is 93.5 Å². The second kappa shape index (κ2) is 53.4. The quantitative estimate of drug-likeness (QED) is 0.101. The first-order chi connectivity index (χ1) is 39.4. The molecule has 6 radical (unpaired) electrons. The Morgan fingerprint density at radius 1 is 0.551 bits per heavy atom. The topological polar surface area (TPSA) is 310 Å². The van der Waals surface area contributed by atoms with E-state index in [1.165, 1.54) is 12.1 Å². The first kappa shape index (κ1) is 102. The number of benzene rings is 3. The normalized spacial score (nSPS) is 31.5. The summed E-state index contributed by atoms with van der Waals surface area (Å²) in [4.78, 5) is -0.0682. The largest absolute Gasteiger partial charge is 0.544 e. The molecule has 6 heterocycles. The summed E-state index contributed by atoms with van der Waals surface area (Å²) < 4.78 is 86.3. The molecule has 9 N–H and O–H groups in total. The van der Waals surface area contributed by atoms with Gasteiger partial charge in [-0.3, -0.25) is 4.18 Å². The molecule has 6 aliphatic heterocycles. The van der Waals surface area contributed by atoms with Gasteiger partial charge in [-0.25, -0.2) is 0 Å². The predicted octanol–water partition coefficient (Wildman–Crippen LogP) is 4.28. The molecule has 89 heavy (non-hydrogen) atoms. The fraction of sp³-hybridized carbons (Fsp3) is 0.633. The zero-order valence-electron chi connectivity index (χ0n) is 54.1. The molecule has 3 aromatic carbocycles. The summed E-state index contributed by atoms with van der Waals surface area (Å²) in [5.41, 5.74) is 3.01. The van der Waals surface area contributed by atoms with E-state index in [0.717, 1.165) is 29.9 Å². The third kappa shape index (κ3) is 33.9. The van der Waals surface area contributed by atoms with Gasteiger partial charge in [-0.1, -0.05) is 85.2 Å². The average Bonchev–Trinajstić information content (AvgIpc) is 3.47. The molecule has 496 valence electrons. The standard InChI is InChI=1S/C22H31O12S.C16H28NO9.2C7H7.4C2H6.4Ac.2Y/c1-11-4-6-12(7-5-11)35(27,28)31-10-14-19(16(24)13(23)8-29-14)33-21-18(26)17(25)20-15(32-21)9-30-22(2,3)34-20;1-16(2)23-6-9-14(26-16)11(20)12(21)15(24-9)25-13-8(4-17-3)22-5-7(18)10(13)19;2*1-7-5-3-2-4-6-7;4*1-2;;;;;;/h4-8,13-21,23-26H,9-10H2,1-3H3;5,7-15,17-21H,4,6H2,1-3H3;2*2-6H,1H2;4*1-2H3;;;;;;/q4*-1;;;;;;;;;;. The van der Waals surface area contributed by atoms with Gasteiger partial charge >= 0.3 is 0 Å². The Bertz CT molecular complexity index is 2270. The molecule has 18 unspecified atom stereocenters. The van der Waals surface area contributed by atoms with Gasteiger partial charge in [-0.05, 0) is 66.0 Å². The number of fused-ring (bicyclic) bond motifs is 2. The molecule has 0 aliphatic carbocycles. The molecule has 6 saturated heterocycles. The van der Waals surface area contributed by atoms with E-state index in [1.807, 2.05) is 123 Å². The van der Waals surface area contributed by atoms with Crippen molar-refractivity contribution in [2.75, 3.05) is 33.4 Å². The van der Waals surface area contributed by atoms with Gasteiger partial charge in [-0.15, -0.1) is 24.3 Å². The number of hydrogen-bond donors (Lipinski definition) is 9. The summed E-state index contributed by atoms with van der Waals surface area (Å²) in [6.07, 6.45) is -21.2. The summed E-state index contributed by atoms with van der Waals surface area (Å²) in [6, 6.07) is 25.8. The summed E-state index contributed by atoms with van der Waals surface area (Å²) in [5, 5.41) is 85.6. The second-order valence-electron chi connectivity index (χ2n) is 19.5. The van der Waals surface area contributed by atoms with E-state index < -0.39 is 139 Å². The van der Waals surface area contributed by atoms with Gasteiger partial charge in [0.05, 0.1) is 49.1 Å². The number of aliphatic hydroxyl groups excluding tert-OH is 8. The summed E-state index contributed by atoms with van der Waals surface area (Å²) >= 11 is 0. The molecule has 0 aromatic heterocycles. The number of aryl methyl sites for hydroxylation is 1. The van der Waals surface area contributed by atoms with Crippen LogP contribution in [0.4, 0.5) is 0 Å². The average molecular weight is 2290 g/mol. The molecular weight excluding hydrogens is 2190 g/mol. The Morgan fingerprint density at radius 3 is 1.24 bits per heavy atom. The third-order valence-electron chi connectivity index (χ3n) is 12.6. The zero-order chi connectivity index (χ0) is 62.8. The Labute approximate surface area is 724 Å². The van der Waals surface area contributed by atoms with Crippen molar-refractivity contribution < 1.29 is 342 Å². The van der Waals surface area contributed by atoms with Gasteiger partial charge in [-0.2, -0.15) is 70.9 Å². The minimum Gasteiger partial charge on any atom is -0.544 e. The number of nitrogens with one attached hydrogen (secondary N) is 1. The van der Waals surface area contributed by atoms with Gasteiger partial charge in [0.1, 0.15) is 61.0 Å². The van der Waals surface area contributed by atoms with E-state index in [1.54, 1.807) is 46.9 Å². The van der Waals surface area contributed by atoms with Gasteiger partial charge in [0, 0.05) is 248 Å². The van der Waals surface area contributed by atoms with E-state index in [2.05, 4.69) is 19.2 Å². The van der Waals surface area contributed by atoms with Crippen LogP contribution in [-0.2, 0) is 127 Å². The first-order valence-corrected chi connectivity index (χ1v) is 29.8. The minimum atomic E-state index is -4.16. The second-order valence-corrected chi connectivity index (χ2v) is 21.1. The fourth-order valence-corrected chi connectivity index (χ4v) is 9.34. The molecule has 29 heteroatoms. The zero-order valence-corrected chi connectivity index (χ0v) is 79.6. The van der Waals surface area contributed by atoms with Gasteiger partial charge in [0.25, 0.3) is 10.1 Å². The Hall–Kier alpha value is 4.52.